The minimum absolute atomic E-state index is 0.214. The summed E-state index contributed by atoms with van der Waals surface area (Å²) in [7, 11) is 0. The van der Waals surface area contributed by atoms with E-state index in [9.17, 15) is 4.79 Å². The second-order valence-corrected chi connectivity index (χ2v) is 4.16. The summed E-state index contributed by atoms with van der Waals surface area (Å²) < 4.78 is 0. The highest BCUT2D eigenvalue weighted by Crippen LogP contribution is 2.00. The molecule has 0 spiro atoms. The summed E-state index contributed by atoms with van der Waals surface area (Å²) in [5.41, 5.74) is 3.45. The zero-order valence-corrected chi connectivity index (χ0v) is 10.3. The molecule has 1 N–H and O–H groups in total. The predicted molar refractivity (Wildman–Crippen MR) is 71.6 cm³/mol. The highest BCUT2D eigenvalue weighted by molar-refractivity contribution is 5.91. The molecular formula is C14H18N2O. The molecule has 0 aliphatic heterocycles. The SMILES string of the molecule is CC(C)CC=NNC(=O)/C=C/c1ccccc1. The quantitative estimate of drug-likeness (QED) is 0.471. The number of benzene rings is 1. The molecule has 3 heteroatoms. The lowest BCUT2D eigenvalue weighted by molar-refractivity contribution is -0.116. The summed E-state index contributed by atoms with van der Waals surface area (Å²) in [6, 6.07) is 9.67. The molecule has 1 rings (SSSR count). The van der Waals surface area contributed by atoms with Crippen LogP contribution in [0.15, 0.2) is 41.5 Å². The number of hydrogen-bond acceptors (Lipinski definition) is 2. The van der Waals surface area contributed by atoms with Crippen LogP contribution in [-0.4, -0.2) is 12.1 Å². The number of carbonyl (C=O) groups is 1. The number of rotatable bonds is 5. The molecule has 0 saturated carbocycles. The molecular weight excluding hydrogens is 212 g/mol. The lowest BCUT2D eigenvalue weighted by Gasteiger charge is -1.96. The molecule has 17 heavy (non-hydrogen) atoms. The number of nitrogens with one attached hydrogen (secondary N) is 1. The molecule has 0 aliphatic rings. The third-order valence-electron chi connectivity index (χ3n) is 2.07. The summed E-state index contributed by atoms with van der Waals surface area (Å²) in [5, 5.41) is 3.85. The van der Waals surface area contributed by atoms with Crippen molar-refractivity contribution in [2.45, 2.75) is 20.3 Å². The van der Waals surface area contributed by atoms with E-state index in [-0.39, 0.29) is 5.91 Å². The van der Waals surface area contributed by atoms with E-state index in [0.717, 1.165) is 12.0 Å². The summed E-state index contributed by atoms with van der Waals surface area (Å²) in [5.74, 6) is 0.337. The van der Waals surface area contributed by atoms with Gasteiger partial charge in [0.05, 0.1) is 0 Å². The van der Waals surface area contributed by atoms with Gasteiger partial charge in [-0.25, -0.2) is 5.43 Å². The van der Waals surface area contributed by atoms with Crippen molar-refractivity contribution in [2.24, 2.45) is 11.0 Å². The number of hydrazone groups is 1. The molecule has 1 aromatic rings. The maximum atomic E-state index is 11.3. The first-order chi connectivity index (χ1) is 8.18. The van der Waals surface area contributed by atoms with Crippen molar-refractivity contribution < 1.29 is 4.79 Å². The second-order valence-electron chi connectivity index (χ2n) is 4.16. The van der Waals surface area contributed by atoms with Crippen molar-refractivity contribution in [1.82, 2.24) is 5.43 Å². The Hall–Kier alpha value is -1.90. The van der Waals surface area contributed by atoms with Gasteiger partial charge in [0.25, 0.3) is 5.91 Å². The first kappa shape index (κ1) is 13.2. The Labute approximate surface area is 102 Å². The average Bonchev–Trinajstić information content (AvgIpc) is 2.33. The van der Waals surface area contributed by atoms with Crippen LogP contribution in [0, 0.1) is 5.92 Å². The fourth-order valence-corrected chi connectivity index (χ4v) is 1.15. The van der Waals surface area contributed by atoms with E-state index >= 15 is 0 Å². The van der Waals surface area contributed by atoms with Gasteiger partial charge >= 0.3 is 0 Å². The van der Waals surface area contributed by atoms with Crippen molar-refractivity contribution in [1.29, 1.82) is 0 Å². The van der Waals surface area contributed by atoms with Gasteiger partial charge in [-0.1, -0.05) is 44.2 Å². The highest BCUT2D eigenvalue weighted by atomic mass is 16.2. The zero-order chi connectivity index (χ0) is 12.5. The Morgan fingerprint density at radius 1 is 1.35 bits per heavy atom. The van der Waals surface area contributed by atoms with Crippen LogP contribution >= 0.6 is 0 Å². The maximum absolute atomic E-state index is 11.3. The van der Waals surface area contributed by atoms with Crippen LogP contribution in [0.25, 0.3) is 6.08 Å². The van der Waals surface area contributed by atoms with E-state index in [0.29, 0.717) is 5.92 Å². The third-order valence-corrected chi connectivity index (χ3v) is 2.07. The molecule has 90 valence electrons. The summed E-state index contributed by atoms with van der Waals surface area (Å²) in [4.78, 5) is 11.3. The Balaban J connectivity index is 2.35. The van der Waals surface area contributed by atoms with Crippen LogP contribution < -0.4 is 5.43 Å². The van der Waals surface area contributed by atoms with Gasteiger partial charge in [-0.15, -0.1) is 0 Å². The van der Waals surface area contributed by atoms with E-state index in [1.54, 1.807) is 12.3 Å². The average molecular weight is 230 g/mol. The zero-order valence-electron chi connectivity index (χ0n) is 10.3. The largest absolute Gasteiger partial charge is 0.268 e. The van der Waals surface area contributed by atoms with Gasteiger partial charge in [0.2, 0.25) is 0 Å². The van der Waals surface area contributed by atoms with Crippen LogP contribution in [0.2, 0.25) is 0 Å². The fraction of sp³-hybridized carbons (Fsp3) is 0.286. The van der Waals surface area contributed by atoms with E-state index in [1.165, 1.54) is 6.08 Å². The minimum atomic E-state index is -0.214. The van der Waals surface area contributed by atoms with Crippen LogP contribution in [0.1, 0.15) is 25.8 Å². The minimum Gasteiger partial charge on any atom is -0.268 e. The van der Waals surface area contributed by atoms with E-state index in [2.05, 4.69) is 24.4 Å². The molecule has 0 fully saturated rings. The topological polar surface area (TPSA) is 41.5 Å². The predicted octanol–water partition coefficient (Wildman–Crippen LogP) is 2.85. The Bertz CT molecular complexity index is 394. The molecule has 3 nitrogen and oxygen atoms in total. The first-order valence-electron chi connectivity index (χ1n) is 5.73. The molecule has 0 heterocycles. The Kier molecular flexibility index (Phi) is 5.72. The van der Waals surface area contributed by atoms with Crippen molar-refractivity contribution in [3.8, 4) is 0 Å². The molecule has 1 aromatic carbocycles. The standard InChI is InChI=1S/C14H18N2O/c1-12(2)10-11-15-16-14(17)9-8-13-6-4-3-5-7-13/h3-9,11-12H,10H2,1-2H3,(H,16,17)/b9-8+,15-11?. The summed E-state index contributed by atoms with van der Waals surface area (Å²) in [6.45, 7) is 4.20. The van der Waals surface area contributed by atoms with Crippen LogP contribution in [0.5, 0.6) is 0 Å². The molecule has 0 aliphatic carbocycles. The van der Waals surface area contributed by atoms with Gasteiger partial charge < -0.3 is 0 Å². The summed E-state index contributed by atoms with van der Waals surface area (Å²) >= 11 is 0. The molecule has 0 aromatic heterocycles. The van der Waals surface area contributed by atoms with Crippen LogP contribution in [0.4, 0.5) is 0 Å². The summed E-state index contributed by atoms with van der Waals surface area (Å²) in [6.07, 6.45) is 5.82. The van der Waals surface area contributed by atoms with Gasteiger partial charge in [0.15, 0.2) is 0 Å². The van der Waals surface area contributed by atoms with Gasteiger partial charge in [-0.2, -0.15) is 5.10 Å². The van der Waals surface area contributed by atoms with Crippen molar-refractivity contribution in [3.05, 3.63) is 42.0 Å². The van der Waals surface area contributed by atoms with Gasteiger partial charge in [0.1, 0.15) is 0 Å². The molecule has 0 radical (unpaired) electrons. The Morgan fingerprint density at radius 2 is 2.06 bits per heavy atom. The first-order valence-corrected chi connectivity index (χ1v) is 5.73. The monoisotopic (exact) mass is 230 g/mol. The normalized spacial score (nSPS) is 11.5. The van der Waals surface area contributed by atoms with Crippen molar-refractivity contribution >= 4 is 18.2 Å². The number of carbonyl (C=O) groups excluding carboxylic acids is 1. The molecule has 0 atom stereocenters. The third kappa shape index (κ3) is 6.30. The second kappa shape index (κ2) is 7.39. The van der Waals surface area contributed by atoms with Gasteiger partial charge in [-0.3, -0.25) is 4.79 Å². The molecule has 0 bridgehead atoms. The smallest absolute Gasteiger partial charge is 0.264 e. The van der Waals surface area contributed by atoms with Gasteiger partial charge in [-0.05, 0) is 24.0 Å². The van der Waals surface area contributed by atoms with Crippen molar-refractivity contribution in [2.75, 3.05) is 0 Å². The Morgan fingerprint density at radius 3 is 2.71 bits per heavy atom. The molecule has 1 amide bonds. The van der Waals surface area contributed by atoms with Gasteiger partial charge in [0, 0.05) is 12.3 Å². The lowest BCUT2D eigenvalue weighted by atomic mass is 10.2. The van der Waals surface area contributed by atoms with Crippen LogP contribution in [0.3, 0.4) is 0 Å². The van der Waals surface area contributed by atoms with E-state index in [4.69, 9.17) is 0 Å². The molecule has 0 unspecified atom stereocenters. The highest BCUT2D eigenvalue weighted by Gasteiger charge is 1.92. The number of amides is 1. The van der Waals surface area contributed by atoms with E-state index < -0.39 is 0 Å². The van der Waals surface area contributed by atoms with Crippen LogP contribution in [-0.2, 0) is 4.79 Å². The maximum Gasteiger partial charge on any atom is 0.264 e. The number of nitrogens with zero attached hydrogens (tertiary/aromatic N) is 1. The lowest BCUT2D eigenvalue weighted by Crippen LogP contribution is -2.14. The van der Waals surface area contributed by atoms with Crippen molar-refractivity contribution in [3.63, 3.8) is 0 Å². The molecule has 0 saturated heterocycles. The number of hydrogen-bond donors (Lipinski definition) is 1. The van der Waals surface area contributed by atoms with E-state index in [1.807, 2.05) is 30.3 Å². The fourth-order valence-electron chi connectivity index (χ4n) is 1.15.